The molecule has 1 fully saturated rings. The van der Waals surface area contributed by atoms with E-state index in [9.17, 15) is 5.11 Å². The second-order valence-electron chi connectivity index (χ2n) is 6.43. The summed E-state index contributed by atoms with van der Waals surface area (Å²) in [6.07, 6.45) is 7.02. The van der Waals surface area contributed by atoms with Crippen LogP contribution in [0.15, 0.2) is 11.6 Å². The van der Waals surface area contributed by atoms with Crippen molar-refractivity contribution in [3.05, 3.63) is 11.6 Å². The molecule has 1 nitrogen and oxygen atoms in total. The average molecular weight is 222 g/mol. The fourth-order valence-electron chi connectivity index (χ4n) is 4.16. The van der Waals surface area contributed by atoms with Crippen molar-refractivity contribution in [1.82, 2.24) is 0 Å². The molecule has 4 atom stereocenters. The third-order valence-electron chi connectivity index (χ3n) is 5.34. The van der Waals surface area contributed by atoms with Crippen LogP contribution in [0.2, 0.25) is 0 Å². The lowest BCUT2D eigenvalue weighted by Crippen LogP contribution is -2.39. The van der Waals surface area contributed by atoms with Gasteiger partial charge in [-0.1, -0.05) is 26.8 Å². The Labute approximate surface area is 99.9 Å². The van der Waals surface area contributed by atoms with Crippen LogP contribution < -0.4 is 0 Å². The molecule has 16 heavy (non-hydrogen) atoms. The summed E-state index contributed by atoms with van der Waals surface area (Å²) in [4.78, 5) is 0. The Hall–Kier alpha value is -0.300. The number of aliphatic hydroxyl groups excluding tert-OH is 1. The van der Waals surface area contributed by atoms with Gasteiger partial charge in [0.2, 0.25) is 0 Å². The zero-order valence-electron chi connectivity index (χ0n) is 11.2. The van der Waals surface area contributed by atoms with E-state index in [1.807, 2.05) is 0 Å². The van der Waals surface area contributed by atoms with E-state index in [-0.39, 0.29) is 6.10 Å². The quantitative estimate of drug-likeness (QED) is 0.669. The highest BCUT2D eigenvalue weighted by atomic mass is 16.3. The molecule has 1 heteroatoms. The predicted octanol–water partition coefficient (Wildman–Crippen LogP) is 3.78. The largest absolute Gasteiger partial charge is 0.389 e. The van der Waals surface area contributed by atoms with E-state index >= 15 is 0 Å². The molecule has 0 heterocycles. The minimum Gasteiger partial charge on any atom is -0.389 e. The zero-order chi connectivity index (χ0) is 11.9. The maximum absolute atomic E-state index is 10.2. The van der Waals surface area contributed by atoms with Crippen LogP contribution in [0, 0.1) is 23.2 Å². The Morgan fingerprint density at radius 3 is 2.62 bits per heavy atom. The molecule has 0 aromatic heterocycles. The number of hydrogen-bond donors (Lipinski definition) is 1. The number of rotatable bonds is 1. The van der Waals surface area contributed by atoms with Crippen LogP contribution in [0.4, 0.5) is 0 Å². The molecular formula is C15H26O. The summed E-state index contributed by atoms with van der Waals surface area (Å²) in [5.41, 5.74) is 1.58. The van der Waals surface area contributed by atoms with Crippen LogP contribution in [0.25, 0.3) is 0 Å². The van der Waals surface area contributed by atoms with Crippen molar-refractivity contribution in [3.63, 3.8) is 0 Å². The molecule has 0 aliphatic heterocycles. The van der Waals surface area contributed by atoms with Gasteiger partial charge < -0.3 is 5.11 Å². The molecule has 2 aliphatic rings. The van der Waals surface area contributed by atoms with Crippen molar-refractivity contribution in [1.29, 1.82) is 0 Å². The monoisotopic (exact) mass is 222 g/mol. The maximum atomic E-state index is 10.2. The van der Waals surface area contributed by atoms with Gasteiger partial charge in [0, 0.05) is 0 Å². The first-order chi connectivity index (χ1) is 7.47. The molecule has 1 saturated carbocycles. The van der Waals surface area contributed by atoms with E-state index < -0.39 is 0 Å². The first kappa shape index (κ1) is 12.2. The predicted molar refractivity (Wildman–Crippen MR) is 68.2 cm³/mol. The Morgan fingerprint density at radius 2 is 2.06 bits per heavy atom. The maximum Gasteiger partial charge on any atom is 0.0753 e. The fourth-order valence-corrected chi connectivity index (χ4v) is 4.16. The topological polar surface area (TPSA) is 20.2 Å². The molecule has 1 N–H and O–H groups in total. The molecule has 92 valence electrons. The number of aliphatic hydroxyl groups is 1. The smallest absolute Gasteiger partial charge is 0.0753 e. The lowest BCUT2D eigenvalue weighted by atomic mass is 9.61. The molecule has 2 rings (SSSR count). The summed E-state index contributed by atoms with van der Waals surface area (Å²) in [5, 5.41) is 10.2. The van der Waals surface area contributed by atoms with Gasteiger partial charge in [-0.2, -0.15) is 0 Å². The highest BCUT2D eigenvalue weighted by Crippen LogP contribution is 2.57. The van der Waals surface area contributed by atoms with Crippen LogP contribution in [-0.4, -0.2) is 11.2 Å². The van der Waals surface area contributed by atoms with Gasteiger partial charge in [0.05, 0.1) is 6.10 Å². The van der Waals surface area contributed by atoms with E-state index in [4.69, 9.17) is 0 Å². The number of hydrogen-bond acceptors (Lipinski definition) is 1. The lowest BCUT2D eigenvalue weighted by molar-refractivity contribution is 0.0327. The molecule has 0 aromatic rings. The number of allylic oxidation sites excluding steroid dienone is 1. The van der Waals surface area contributed by atoms with Crippen LogP contribution in [0.1, 0.15) is 53.4 Å². The Bertz CT molecular complexity index is 292. The lowest BCUT2D eigenvalue weighted by Gasteiger charge is -2.45. The Kier molecular flexibility index (Phi) is 3.18. The van der Waals surface area contributed by atoms with Gasteiger partial charge in [0.15, 0.2) is 0 Å². The van der Waals surface area contributed by atoms with Crippen molar-refractivity contribution in [2.24, 2.45) is 23.2 Å². The van der Waals surface area contributed by atoms with Gasteiger partial charge in [-0.3, -0.25) is 0 Å². The third-order valence-corrected chi connectivity index (χ3v) is 5.34. The van der Waals surface area contributed by atoms with E-state index in [0.717, 1.165) is 24.2 Å². The highest BCUT2D eigenvalue weighted by Gasteiger charge is 2.50. The molecule has 0 saturated heterocycles. The SMILES string of the molecule is CC1=CC[C@]2(CC1O)[C@@H](C)CC[C@H]2C(C)C. The third kappa shape index (κ3) is 1.73. The van der Waals surface area contributed by atoms with Gasteiger partial charge in [-0.25, -0.2) is 0 Å². The summed E-state index contributed by atoms with van der Waals surface area (Å²) in [5.74, 6) is 2.34. The van der Waals surface area contributed by atoms with Crippen molar-refractivity contribution in [3.8, 4) is 0 Å². The van der Waals surface area contributed by atoms with E-state index in [1.54, 1.807) is 0 Å². The molecule has 1 unspecified atom stereocenters. The normalized spacial score (nSPS) is 44.1. The van der Waals surface area contributed by atoms with Gasteiger partial charge >= 0.3 is 0 Å². The van der Waals surface area contributed by atoms with Crippen molar-refractivity contribution in [2.45, 2.75) is 59.5 Å². The van der Waals surface area contributed by atoms with E-state index in [0.29, 0.717) is 5.41 Å². The molecule has 0 amide bonds. The van der Waals surface area contributed by atoms with Crippen LogP contribution in [-0.2, 0) is 0 Å². The standard InChI is InChI=1S/C15H26O/c1-10(2)13-6-5-12(4)15(13)8-7-11(3)14(16)9-15/h7,10,12-14,16H,5-6,8-9H2,1-4H3/t12-,13-,14?,15-/m0/s1. The van der Waals surface area contributed by atoms with Crippen molar-refractivity contribution in [2.75, 3.05) is 0 Å². The summed E-state index contributed by atoms with van der Waals surface area (Å²) in [6.45, 7) is 9.16. The van der Waals surface area contributed by atoms with Gasteiger partial charge in [-0.05, 0) is 61.3 Å². The van der Waals surface area contributed by atoms with Crippen LogP contribution in [0.5, 0.6) is 0 Å². The Morgan fingerprint density at radius 1 is 1.38 bits per heavy atom. The summed E-state index contributed by atoms with van der Waals surface area (Å²) in [7, 11) is 0. The van der Waals surface area contributed by atoms with Crippen LogP contribution >= 0.6 is 0 Å². The first-order valence-corrected chi connectivity index (χ1v) is 6.82. The molecule has 0 aromatic carbocycles. The van der Waals surface area contributed by atoms with Crippen LogP contribution in [0.3, 0.4) is 0 Å². The van der Waals surface area contributed by atoms with E-state index in [1.165, 1.54) is 24.8 Å². The molecule has 2 aliphatic carbocycles. The Balaban J connectivity index is 2.28. The molecule has 1 spiro atoms. The minimum atomic E-state index is -0.185. The second-order valence-corrected chi connectivity index (χ2v) is 6.43. The second kappa shape index (κ2) is 4.18. The fraction of sp³-hybridized carbons (Fsp3) is 0.867. The van der Waals surface area contributed by atoms with Gasteiger partial charge in [0.1, 0.15) is 0 Å². The molecular weight excluding hydrogens is 196 g/mol. The summed E-state index contributed by atoms with van der Waals surface area (Å²) in [6, 6.07) is 0. The molecule has 0 bridgehead atoms. The summed E-state index contributed by atoms with van der Waals surface area (Å²) < 4.78 is 0. The summed E-state index contributed by atoms with van der Waals surface area (Å²) >= 11 is 0. The minimum absolute atomic E-state index is 0.185. The van der Waals surface area contributed by atoms with Crippen molar-refractivity contribution >= 4 is 0 Å². The van der Waals surface area contributed by atoms with Gasteiger partial charge in [-0.15, -0.1) is 0 Å². The van der Waals surface area contributed by atoms with E-state index in [2.05, 4.69) is 33.8 Å². The van der Waals surface area contributed by atoms with Crippen molar-refractivity contribution < 1.29 is 5.11 Å². The zero-order valence-corrected chi connectivity index (χ0v) is 11.2. The highest BCUT2D eigenvalue weighted by molar-refractivity contribution is 5.16. The molecule has 0 radical (unpaired) electrons. The first-order valence-electron chi connectivity index (χ1n) is 6.82. The van der Waals surface area contributed by atoms with Gasteiger partial charge in [0.25, 0.3) is 0 Å². The average Bonchev–Trinajstić information content (AvgIpc) is 2.51.